The first-order chi connectivity index (χ1) is 9.85. The summed E-state index contributed by atoms with van der Waals surface area (Å²) in [6.45, 7) is 7.44. The second-order valence-corrected chi connectivity index (χ2v) is 6.60. The van der Waals surface area contributed by atoms with Gasteiger partial charge in [-0.1, -0.05) is 29.8 Å². The van der Waals surface area contributed by atoms with Crippen molar-refractivity contribution in [3.8, 4) is 5.75 Å². The third-order valence-electron chi connectivity index (χ3n) is 3.39. The third-order valence-corrected chi connectivity index (χ3v) is 3.88. The molecule has 5 heteroatoms. The van der Waals surface area contributed by atoms with Crippen molar-refractivity contribution < 1.29 is 9.53 Å². The maximum absolute atomic E-state index is 12.1. The lowest BCUT2D eigenvalue weighted by Crippen LogP contribution is -2.43. The van der Waals surface area contributed by atoms with E-state index in [1.807, 2.05) is 37.1 Å². The second kappa shape index (κ2) is 8.39. The third kappa shape index (κ3) is 5.67. The Morgan fingerprint density at radius 3 is 2.62 bits per heavy atom. The van der Waals surface area contributed by atoms with Crippen LogP contribution in [-0.4, -0.2) is 37.6 Å². The Morgan fingerprint density at radius 1 is 1.38 bits per heavy atom. The van der Waals surface area contributed by atoms with Gasteiger partial charge in [0.15, 0.2) is 0 Å². The molecule has 1 amide bonds. The van der Waals surface area contributed by atoms with Crippen LogP contribution in [0, 0.1) is 5.92 Å². The number of methoxy groups -OCH3 is 1. The number of hydrogen-bond donors (Lipinski definition) is 1. The van der Waals surface area contributed by atoms with Gasteiger partial charge < -0.3 is 10.1 Å². The fourth-order valence-corrected chi connectivity index (χ4v) is 2.34. The van der Waals surface area contributed by atoms with Crippen LogP contribution in [0.15, 0.2) is 22.7 Å². The van der Waals surface area contributed by atoms with Gasteiger partial charge in [-0.15, -0.1) is 0 Å². The Hall–Kier alpha value is -1.07. The number of halogens is 1. The summed E-state index contributed by atoms with van der Waals surface area (Å²) in [7, 11) is 3.60. The van der Waals surface area contributed by atoms with E-state index in [2.05, 4.69) is 35.1 Å². The predicted octanol–water partition coefficient (Wildman–Crippen LogP) is 3.05. The highest BCUT2D eigenvalue weighted by Gasteiger charge is 2.19. The van der Waals surface area contributed by atoms with Crippen molar-refractivity contribution in [3.63, 3.8) is 0 Å². The van der Waals surface area contributed by atoms with E-state index in [1.165, 1.54) is 0 Å². The van der Waals surface area contributed by atoms with Crippen LogP contribution in [0.2, 0.25) is 0 Å². The van der Waals surface area contributed by atoms with E-state index in [0.717, 1.165) is 15.8 Å². The van der Waals surface area contributed by atoms with Crippen LogP contribution in [0.3, 0.4) is 0 Å². The van der Waals surface area contributed by atoms with Gasteiger partial charge in [0.2, 0.25) is 5.91 Å². The molecule has 21 heavy (non-hydrogen) atoms. The van der Waals surface area contributed by atoms with Gasteiger partial charge in [0, 0.05) is 23.1 Å². The van der Waals surface area contributed by atoms with Crippen LogP contribution in [0.1, 0.15) is 26.3 Å². The monoisotopic (exact) mass is 356 g/mol. The van der Waals surface area contributed by atoms with Crippen molar-refractivity contribution in [3.05, 3.63) is 28.2 Å². The summed E-state index contributed by atoms with van der Waals surface area (Å²) in [5, 5.41) is 2.97. The molecule has 0 spiro atoms. The van der Waals surface area contributed by atoms with Gasteiger partial charge in [0.25, 0.3) is 0 Å². The summed E-state index contributed by atoms with van der Waals surface area (Å²) < 4.78 is 6.38. The number of likely N-dealkylation sites (N-methyl/N-ethyl adjacent to an activating group) is 1. The van der Waals surface area contributed by atoms with Gasteiger partial charge in [-0.25, -0.2) is 0 Å². The lowest BCUT2D eigenvalue weighted by Gasteiger charge is -2.25. The van der Waals surface area contributed by atoms with E-state index in [-0.39, 0.29) is 11.9 Å². The molecule has 0 heterocycles. The van der Waals surface area contributed by atoms with Gasteiger partial charge in [0.1, 0.15) is 5.75 Å². The van der Waals surface area contributed by atoms with Crippen molar-refractivity contribution in [1.29, 1.82) is 0 Å². The molecule has 0 bridgehead atoms. The fourth-order valence-electron chi connectivity index (χ4n) is 1.93. The number of carbonyl (C=O) groups is 1. The van der Waals surface area contributed by atoms with Gasteiger partial charge in [-0.05, 0) is 38.1 Å². The van der Waals surface area contributed by atoms with Crippen LogP contribution in [-0.2, 0) is 11.3 Å². The molecule has 1 unspecified atom stereocenters. The van der Waals surface area contributed by atoms with Crippen molar-refractivity contribution >= 4 is 21.8 Å². The van der Waals surface area contributed by atoms with E-state index in [1.54, 1.807) is 7.11 Å². The SMILES string of the molecule is COc1ccc(Br)cc1CN(C)C(C)C(=O)NCC(C)C. The molecule has 1 aromatic carbocycles. The molecule has 0 aliphatic rings. The smallest absolute Gasteiger partial charge is 0.237 e. The number of nitrogens with one attached hydrogen (secondary N) is 1. The summed E-state index contributed by atoms with van der Waals surface area (Å²) in [6.07, 6.45) is 0. The molecule has 0 saturated heterocycles. The van der Waals surface area contributed by atoms with E-state index < -0.39 is 0 Å². The van der Waals surface area contributed by atoms with E-state index in [0.29, 0.717) is 19.0 Å². The molecule has 1 N–H and O–H groups in total. The molecule has 0 fully saturated rings. The Bertz CT molecular complexity index is 477. The Morgan fingerprint density at radius 2 is 2.05 bits per heavy atom. The number of ether oxygens (including phenoxy) is 1. The standard InChI is InChI=1S/C16H25BrN2O2/c1-11(2)9-18-16(20)12(3)19(4)10-13-8-14(17)6-7-15(13)21-5/h6-8,11-12H,9-10H2,1-5H3,(H,18,20). The summed E-state index contributed by atoms with van der Waals surface area (Å²) in [4.78, 5) is 14.1. The van der Waals surface area contributed by atoms with Gasteiger partial charge >= 0.3 is 0 Å². The summed E-state index contributed by atoms with van der Waals surface area (Å²) >= 11 is 3.47. The highest BCUT2D eigenvalue weighted by molar-refractivity contribution is 9.10. The summed E-state index contributed by atoms with van der Waals surface area (Å²) in [6, 6.07) is 5.71. The maximum atomic E-state index is 12.1. The zero-order valence-corrected chi connectivity index (χ0v) is 15.0. The normalized spacial score (nSPS) is 12.6. The number of rotatable bonds is 7. The zero-order chi connectivity index (χ0) is 16.0. The highest BCUT2D eigenvalue weighted by Crippen LogP contribution is 2.24. The largest absolute Gasteiger partial charge is 0.496 e. The molecule has 0 saturated carbocycles. The van der Waals surface area contributed by atoms with E-state index in [9.17, 15) is 4.79 Å². The minimum absolute atomic E-state index is 0.0557. The predicted molar refractivity (Wildman–Crippen MR) is 89.5 cm³/mol. The molecule has 0 aromatic heterocycles. The fraction of sp³-hybridized carbons (Fsp3) is 0.562. The van der Waals surface area contributed by atoms with Crippen molar-refractivity contribution in [2.24, 2.45) is 5.92 Å². The number of carbonyl (C=O) groups excluding carboxylic acids is 1. The van der Waals surface area contributed by atoms with Crippen LogP contribution in [0.4, 0.5) is 0 Å². The molecule has 1 aromatic rings. The molecule has 118 valence electrons. The number of nitrogens with zero attached hydrogens (tertiary/aromatic N) is 1. The Kier molecular flexibility index (Phi) is 7.18. The summed E-state index contributed by atoms with van der Waals surface area (Å²) in [5.41, 5.74) is 1.05. The van der Waals surface area contributed by atoms with Gasteiger partial charge in [-0.2, -0.15) is 0 Å². The lowest BCUT2D eigenvalue weighted by molar-refractivity contribution is -0.125. The molecular weight excluding hydrogens is 332 g/mol. The van der Waals surface area contributed by atoms with E-state index >= 15 is 0 Å². The van der Waals surface area contributed by atoms with Gasteiger partial charge in [-0.3, -0.25) is 9.69 Å². The molecule has 1 atom stereocenters. The molecule has 0 radical (unpaired) electrons. The van der Waals surface area contributed by atoms with Crippen LogP contribution in [0.25, 0.3) is 0 Å². The highest BCUT2D eigenvalue weighted by atomic mass is 79.9. The lowest BCUT2D eigenvalue weighted by atomic mass is 10.1. The molecule has 0 aliphatic heterocycles. The Balaban J connectivity index is 2.69. The number of amides is 1. The molecule has 4 nitrogen and oxygen atoms in total. The van der Waals surface area contributed by atoms with E-state index in [4.69, 9.17) is 4.74 Å². The summed E-state index contributed by atoms with van der Waals surface area (Å²) in [5.74, 6) is 1.34. The minimum Gasteiger partial charge on any atom is -0.496 e. The Labute approximate surface area is 136 Å². The van der Waals surface area contributed by atoms with Crippen molar-refractivity contribution in [1.82, 2.24) is 10.2 Å². The average Bonchev–Trinajstić information content (AvgIpc) is 2.44. The van der Waals surface area contributed by atoms with Gasteiger partial charge in [0.05, 0.1) is 13.2 Å². The topological polar surface area (TPSA) is 41.6 Å². The van der Waals surface area contributed by atoms with Crippen molar-refractivity contribution in [2.45, 2.75) is 33.4 Å². The average molecular weight is 357 g/mol. The zero-order valence-electron chi connectivity index (χ0n) is 13.4. The first kappa shape index (κ1) is 18.0. The quantitative estimate of drug-likeness (QED) is 0.816. The van der Waals surface area contributed by atoms with Crippen molar-refractivity contribution in [2.75, 3.05) is 20.7 Å². The number of hydrogen-bond acceptors (Lipinski definition) is 3. The van der Waals surface area contributed by atoms with Crippen LogP contribution >= 0.6 is 15.9 Å². The second-order valence-electron chi connectivity index (χ2n) is 5.69. The molecular formula is C16H25BrN2O2. The number of benzene rings is 1. The van der Waals surface area contributed by atoms with Crippen LogP contribution in [0.5, 0.6) is 5.75 Å². The molecule has 0 aliphatic carbocycles. The van der Waals surface area contributed by atoms with Crippen LogP contribution < -0.4 is 10.1 Å². The first-order valence-electron chi connectivity index (χ1n) is 7.15. The first-order valence-corrected chi connectivity index (χ1v) is 7.94. The maximum Gasteiger partial charge on any atom is 0.237 e. The minimum atomic E-state index is -0.188. The molecule has 1 rings (SSSR count).